The van der Waals surface area contributed by atoms with Gasteiger partial charge in [-0.25, -0.2) is 0 Å². The van der Waals surface area contributed by atoms with E-state index in [0.29, 0.717) is 0 Å². The second-order valence-corrected chi connectivity index (χ2v) is 19.4. The number of unbranched alkanes of at least 4 members (excludes halogenated alkanes) is 9. The SMILES string of the molecule is CCCCC1=C(c2ccc(C(C)(CC)CC)cc2)CCC(c2ccc(-c3ccc(Nc4ccc(CCCCCCCCCCc5ccc6c(c5)CC6)cc4)cc3)c(CCCC)c2)=C1. The summed E-state index contributed by atoms with van der Waals surface area (Å²) >= 11 is 0. The van der Waals surface area contributed by atoms with Gasteiger partial charge in [-0.3, -0.25) is 0 Å². The normalized spacial score (nSPS) is 13.8. The van der Waals surface area contributed by atoms with E-state index in [2.05, 4.69) is 155 Å². The fourth-order valence-electron chi connectivity index (χ4n) is 10.1. The molecule has 5 aromatic carbocycles. The van der Waals surface area contributed by atoms with Crippen molar-refractivity contribution in [3.63, 3.8) is 0 Å². The van der Waals surface area contributed by atoms with Crippen LogP contribution in [0.5, 0.6) is 0 Å². The van der Waals surface area contributed by atoms with Crippen LogP contribution in [0.4, 0.5) is 11.4 Å². The van der Waals surface area contributed by atoms with Crippen LogP contribution >= 0.6 is 0 Å². The second-order valence-electron chi connectivity index (χ2n) is 19.4. The average molecular weight is 838 g/mol. The highest BCUT2D eigenvalue weighted by molar-refractivity contribution is 5.83. The summed E-state index contributed by atoms with van der Waals surface area (Å²) in [6, 6.07) is 42.4. The molecule has 0 bridgehead atoms. The zero-order valence-electron chi connectivity index (χ0n) is 40.0. The van der Waals surface area contributed by atoms with Crippen LogP contribution in [0.25, 0.3) is 22.3 Å². The Hall–Kier alpha value is -4.62. The zero-order valence-corrected chi connectivity index (χ0v) is 40.0. The lowest BCUT2D eigenvalue weighted by atomic mass is 9.77. The third kappa shape index (κ3) is 12.6. The largest absolute Gasteiger partial charge is 0.356 e. The van der Waals surface area contributed by atoms with E-state index in [9.17, 15) is 0 Å². The molecule has 0 unspecified atom stereocenters. The number of hydrogen-bond donors (Lipinski definition) is 1. The Bertz CT molecular complexity index is 2240. The highest BCUT2D eigenvalue weighted by Crippen LogP contribution is 2.40. The lowest BCUT2D eigenvalue weighted by Gasteiger charge is -2.28. The van der Waals surface area contributed by atoms with Gasteiger partial charge < -0.3 is 5.32 Å². The van der Waals surface area contributed by atoms with Crippen LogP contribution in [-0.2, 0) is 37.5 Å². The Morgan fingerprint density at radius 1 is 0.460 bits per heavy atom. The first-order chi connectivity index (χ1) is 30.9. The van der Waals surface area contributed by atoms with Gasteiger partial charge in [0, 0.05) is 11.4 Å². The average Bonchev–Trinajstić information content (AvgIpc) is 3.32. The fourth-order valence-corrected chi connectivity index (χ4v) is 10.1. The number of aryl methyl sites for hydroxylation is 5. The molecular formula is C62H79N. The molecule has 0 aliphatic heterocycles. The second kappa shape index (κ2) is 23.4. The number of hydrogen-bond acceptors (Lipinski definition) is 1. The van der Waals surface area contributed by atoms with Crippen molar-refractivity contribution in [3.05, 3.63) is 165 Å². The highest BCUT2D eigenvalue weighted by atomic mass is 14.9. The van der Waals surface area contributed by atoms with Gasteiger partial charge in [-0.15, -0.1) is 0 Å². The zero-order chi connectivity index (χ0) is 43.9. The van der Waals surface area contributed by atoms with E-state index in [1.165, 1.54) is 160 Å². The minimum atomic E-state index is 0.258. The molecule has 0 saturated carbocycles. The number of allylic oxidation sites excluding steroid dienone is 4. The molecule has 7 rings (SSSR count). The van der Waals surface area contributed by atoms with Gasteiger partial charge in [0.05, 0.1) is 0 Å². The van der Waals surface area contributed by atoms with Crippen LogP contribution in [0.15, 0.2) is 121 Å². The molecule has 0 radical (unpaired) electrons. The Kier molecular flexibility index (Phi) is 17.2. The standard InChI is InChI=1S/C62H79N/c1-6-10-22-55-45-53(34-42-60(55)50-30-36-57(37-31-50)62(5,8-3)9-4)54-35-43-61(56(46-54)23-11-7-2)51-32-40-59(41-33-51)63-58-38-25-47(26-39-58)20-18-16-14-12-13-15-17-19-21-48-24-27-49-28-29-52(49)44-48/h24-27,30-33,35-41,43-46,63H,6-23,28-29,34,42H2,1-5H3. The van der Waals surface area contributed by atoms with Crippen molar-refractivity contribution in [2.24, 2.45) is 0 Å². The van der Waals surface area contributed by atoms with Gasteiger partial charge in [0.1, 0.15) is 0 Å². The highest BCUT2D eigenvalue weighted by Gasteiger charge is 2.23. The summed E-state index contributed by atoms with van der Waals surface area (Å²) in [6.07, 6.45) is 30.2. The van der Waals surface area contributed by atoms with E-state index in [0.717, 1.165) is 37.1 Å². The molecule has 2 aliphatic carbocycles. The summed E-state index contributed by atoms with van der Waals surface area (Å²) in [5.74, 6) is 0. The van der Waals surface area contributed by atoms with Gasteiger partial charge in [0.15, 0.2) is 0 Å². The molecule has 1 nitrogen and oxygen atoms in total. The molecule has 1 heteroatoms. The van der Waals surface area contributed by atoms with Crippen LogP contribution in [-0.4, -0.2) is 0 Å². The first-order valence-electron chi connectivity index (χ1n) is 25.6. The first kappa shape index (κ1) is 46.4. The van der Waals surface area contributed by atoms with E-state index in [1.54, 1.807) is 27.8 Å². The van der Waals surface area contributed by atoms with Crippen molar-refractivity contribution in [1.82, 2.24) is 0 Å². The van der Waals surface area contributed by atoms with E-state index >= 15 is 0 Å². The summed E-state index contributed by atoms with van der Waals surface area (Å²) in [7, 11) is 0. The molecule has 0 spiro atoms. The number of anilines is 2. The minimum Gasteiger partial charge on any atom is -0.356 e. The summed E-state index contributed by atoms with van der Waals surface area (Å²) in [5.41, 5.74) is 21.8. The maximum absolute atomic E-state index is 3.67. The Labute approximate surface area is 383 Å². The van der Waals surface area contributed by atoms with Crippen molar-refractivity contribution in [2.45, 2.75) is 181 Å². The van der Waals surface area contributed by atoms with Gasteiger partial charge >= 0.3 is 0 Å². The van der Waals surface area contributed by atoms with E-state index in [1.807, 2.05) is 0 Å². The molecule has 0 fully saturated rings. The lowest BCUT2D eigenvalue weighted by Crippen LogP contribution is -2.19. The van der Waals surface area contributed by atoms with E-state index in [-0.39, 0.29) is 5.41 Å². The predicted molar refractivity (Wildman–Crippen MR) is 276 cm³/mol. The van der Waals surface area contributed by atoms with Gasteiger partial charge in [-0.2, -0.15) is 0 Å². The molecule has 63 heavy (non-hydrogen) atoms. The monoisotopic (exact) mass is 838 g/mol. The summed E-state index contributed by atoms with van der Waals surface area (Å²) in [6.45, 7) is 11.7. The number of fused-ring (bicyclic) bond motifs is 1. The quantitative estimate of drug-likeness (QED) is 0.0578. The third-order valence-electron chi connectivity index (χ3n) is 15.0. The molecule has 332 valence electrons. The fraction of sp³-hybridized carbons (Fsp3) is 0.452. The van der Waals surface area contributed by atoms with Crippen LogP contribution in [0.1, 0.15) is 188 Å². The lowest BCUT2D eigenvalue weighted by molar-refractivity contribution is 0.439. The molecule has 0 heterocycles. The molecule has 0 saturated heterocycles. The summed E-state index contributed by atoms with van der Waals surface area (Å²) < 4.78 is 0. The van der Waals surface area contributed by atoms with Crippen LogP contribution in [0.3, 0.4) is 0 Å². The molecule has 1 N–H and O–H groups in total. The Balaban J connectivity index is 0.901. The molecule has 2 aliphatic rings. The summed E-state index contributed by atoms with van der Waals surface area (Å²) in [5, 5.41) is 3.67. The summed E-state index contributed by atoms with van der Waals surface area (Å²) in [4.78, 5) is 0. The van der Waals surface area contributed by atoms with Gasteiger partial charge in [0.2, 0.25) is 0 Å². The van der Waals surface area contributed by atoms with Crippen LogP contribution in [0.2, 0.25) is 0 Å². The van der Waals surface area contributed by atoms with E-state index in [4.69, 9.17) is 0 Å². The Morgan fingerprint density at radius 3 is 1.65 bits per heavy atom. The van der Waals surface area contributed by atoms with Gasteiger partial charge in [-0.05, 0) is 192 Å². The van der Waals surface area contributed by atoms with Gasteiger partial charge in [0.25, 0.3) is 0 Å². The number of rotatable bonds is 25. The Morgan fingerprint density at radius 2 is 1.03 bits per heavy atom. The molecule has 0 amide bonds. The van der Waals surface area contributed by atoms with Crippen molar-refractivity contribution in [3.8, 4) is 11.1 Å². The number of nitrogens with one attached hydrogen (secondary N) is 1. The van der Waals surface area contributed by atoms with Crippen molar-refractivity contribution in [2.75, 3.05) is 5.32 Å². The van der Waals surface area contributed by atoms with Crippen molar-refractivity contribution < 1.29 is 0 Å². The third-order valence-corrected chi connectivity index (χ3v) is 15.0. The molecule has 0 atom stereocenters. The smallest absolute Gasteiger partial charge is 0.0384 e. The topological polar surface area (TPSA) is 12.0 Å². The minimum absolute atomic E-state index is 0.258. The molecule has 0 aromatic heterocycles. The van der Waals surface area contributed by atoms with Gasteiger partial charge in [-0.1, -0.05) is 177 Å². The van der Waals surface area contributed by atoms with E-state index < -0.39 is 0 Å². The van der Waals surface area contributed by atoms with Crippen molar-refractivity contribution in [1.29, 1.82) is 0 Å². The van der Waals surface area contributed by atoms with Crippen LogP contribution < -0.4 is 5.32 Å². The maximum atomic E-state index is 3.67. The predicted octanol–water partition coefficient (Wildman–Crippen LogP) is 18.3. The van der Waals surface area contributed by atoms with Crippen LogP contribution in [0, 0.1) is 0 Å². The maximum Gasteiger partial charge on any atom is 0.0384 e. The molecular weight excluding hydrogens is 759 g/mol. The first-order valence-corrected chi connectivity index (χ1v) is 25.6. The number of benzene rings is 5. The molecule has 5 aromatic rings. The van der Waals surface area contributed by atoms with Crippen molar-refractivity contribution >= 4 is 22.5 Å².